The lowest BCUT2D eigenvalue weighted by molar-refractivity contribution is 0.104. The molecule has 0 aliphatic carbocycles. The van der Waals surface area contributed by atoms with Gasteiger partial charge >= 0.3 is 0 Å². The lowest BCUT2D eigenvalue weighted by Gasteiger charge is -2.20. The van der Waals surface area contributed by atoms with Gasteiger partial charge in [0.25, 0.3) is 0 Å². The van der Waals surface area contributed by atoms with Crippen molar-refractivity contribution in [3.05, 3.63) is 64.6 Å². The zero-order chi connectivity index (χ0) is 15.5. The summed E-state index contributed by atoms with van der Waals surface area (Å²) in [5.41, 5.74) is 3.11. The lowest BCUT2D eigenvalue weighted by Crippen LogP contribution is -2.21. The molecule has 2 aromatic rings. The fourth-order valence-electron chi connectivity index (χ4n) is 2.66. The number of ketones is 1. The first-order valence-electron chi connectivity index (χ1n) is 7.61. The lowest BCUT2D eigenvalue weighted by atomic mass is 10.1. The predicted molar refractivity (Wildman–Crippen MR) is 94.6 cm³/mol. The number of Topliss-reactive ketones (excluding diaryl/α,β-unsaturated/α-hetero) is 1. The van der Waals surface area contributed by atoms with Crippen molar-refractivity contribution < 1.29 is 4.79 Å². The van der Waals surface area contributed by atoms with Crippen LogP contribution < -0.4 is 4.90 Å². The van der Waals surface area contributed by atoms with Gasteiger partial charge in [-0.15, -0.1) is 0 Å². The number of rotatable bonds is 4. The molecule has 3 heteroatoms. The monoisotopic (exact) mass is 309 g/mol. The standard InChI is InChI=1S/C19H19NOS/c1-3-20(4-2)15-11-9-14(10-12-15)13-18-19(21)16-7-5-6-8-17(16)22-18/h5-13H,3-4H2,1-2H3. The van der Waals surface area contributed by atoms with Gasteiger partial charge in [0.05, 0.1) is 4.91 Å². The predicted octanol–water partition coefficient (Wildman–Crippen LogP) is 4.86. The Kier molecular flexibility index (Phi) is 4.34. The van der Waals surface area contributed by atoms with Gasteiger partial charge in [-0.05, 0) is 49.8 Å². The quantitative estimate of drug-likeness (QED) is 0.752. The molecule has 3 rings (SSSR count). The van der Waals surface area contributed by atoms with Crippen LogP contribution in [0.4, 0.5) is 5.69 Å². The molecule has 0 N–H and O–H groups in total. The highest BCUT2D eigenvalue weighted by Gasteiger charge is 2.24. The number of benzene rings is 2. The maximum absolute atomic E-state index is 12.4. The minimum atomic E-state index is 0.133. The number of allylic oxidation sites excluding steroid dienone is 1. The van der Waals surface area contributed by atoms with Crippen LogP contribution in [0.15, 0.2) is 58.3 Å². The summed E-state index contributed by atoms with van der Waals surface area (Å²) in [6.07, 6.45) is 1.99. The van der Waals surface area contributed by atoms with Crippen molar-refractivity contribution in [3.8, 4) is 0 Å². The number of hydrogen-bond acceptors (Lipinski definition) is 3. The van der Waals surface area contributed by atoms with Crippen LogP contribution in [0.25, 0.3) is 6.08 Å². The first-order valence-corrected chi connectivity index (χ1v) is 8.43. The molecule has 112 valence electrons. The number of carbonyl (C=O) groups excluding carboxylic acids is 1. The minimum Gasteiger partial charge on any atom is -0.372 e. The number of hydrogen-bond donors (Lipinski definition) is 0. The fraction of sp³-hybridized carbons (Fsp3) is 0.211. The van der Waals surface area contributed by atoms with E-state index in [0.717, 1.165) is 34.0 Å². The molecule has 1 heterocycles. The van der Waals surface area contributed by atoms with Crippen molar-refractivity contribution in [2.24, 2.45) is 0 Å². The second-order valence-electron chi connectivity index (χ2n) is 5.20. The number of anilines is 1. The number of carbonyl (C=O) groups is 1. The van der Waals surface area contributed by atoms with Gasteiger partial charge in [-0.1, -0.05) is 36.0 Å². The first-order chi connectivity index (χ1) is 10.7. The molecule has 0 saturated carbocycles. The van der Waals surface area contributed by atoms with Gasteiger partial charge in [-0.2, -0.15) is 0 Å². The third kappa shape index (κ3) is 2.81. The van der Waals surface area contributed by atoms with Crippen LogP contribution in [0.3, 0.4) is 0 Å². The Morgan fingerprint density at radius 1 is 1.00 bits per heavy atom. The molecule has 0 amide bonds. The topological polar surface area (TPSA) is 20.3 Å². The Morgan fingerprint density at radius 3 is 2.32 bits per heavy atom. The average Bonchev–Trinajstić information content (AvgIpc) is 2.87. The van der Waals surface area contributed by atoms with Crippen molar-refractivity contribution in [3.63, 3.8) is 0 Å². The second kappa shape index (κ2) is 6.41. The molecule has 1 aliphatic heterocycles. The zero-order valence-corrected chi connectivity index (χ0v) is 13.7. The van der Waals surface area contributed by atoms with Crippen LogP contribution in [-0.2, 0) is 0 Å². The highest BCUT2D eigenvalue weighted by molar-refractivity contribution is 8.04. The van der Waals surface area contributed by atoms with Crippen LogP contribution in [0.1, 0.15) is 29.8 Å². The van der Waals surface area contributed by atoms with Gasteiger partial charge in [0, 0.05) is 29.2 Å². The van der Waals surface area contributed by atoms with E-state index < -0.39 is 0 Å². The van der Waals surface area contributed by atoms with Gasteiger partial charge in [0.1, 0.15) is 0 Å². The second-order valence-corrected chi connectivity index (χ2v) is 6.28. The molecule has 0 saturated heterocycles. The summed E-state index contributed by atoms with van der Waals surface area (Å²) in [6.45, 7) is 6.32. The van der Waals surface area contributed by atoms with E-state index in [9.17, 15) is 4.79 Å². The van der Waals surface area contributed by atoms with E-state index in [1.165, 1.54) is 5.69 Å². The molecule has 0 radical (unpaired) electrons. The maximum atomic E-state index is 12.4. The van der Waals surface area contributed by atoms with Gasteiger partial charge in [0.15, 0.2) is 0 Å². The van der Waals surface area contributed by atoms with Gasteiger partial charge in [0.2, 0.25) is 5.78 Å². The highest BCUT2D eigenvalue weighted by Crippen LogP contribution is 2.40. The van der Waals surface area contributed by atoms with Crippen molar-refractivity contribution in [2.75, 3.05) is 18.0 Å². The molecule has 0 fully saturated rings. The van der Waals surface area contributed by atoms with Gasteiger partial charge < -0.3 is 4.90 Å². The Hall–Kier alpha value is -2.00. The normalized spacial score (nSPS) is 15.2. The van der Waals surface area contributed by atoms with E-state index >= 15 is 0 Å². The average molecular weight is 309 g/mol. The zero-order valence-electron chi connectivity index (χ0n) is 12.9. The maximum Gasteiger partial charge on any atom is 0.200 e. The van der Waals surface area contributed by atoms with Gasteiger partial charge in [-0.25, -0.2) is 0 Å². The minimum absolute atomic E-state index is 0.133. The molecule has 0 aromatic heterocycles. The molecular formula is C19H19NOS. The van der Waals surface area contributed by atoms with Crippen molar-refractivity contribution in [1.82, 2.24) is 0 Å². The number of nitrogens with zero attached hydrogens (tertiary/aromatic N) is 1. The third-order valence-electron chi connectivity index (χ3n) is 3.89. The summed E-state index contributed by atoms with van der Waals surface area (Å²) in [5, 5.41) is 0. The molecule has 22 heavy (non-hydrogen) atoms. The van der Waals surface area contributed by atoms with Crippen LogP contribution in [0.5, 0.6) is 0 Å². The van der Waals surface area contributed by atoms with Gasteiger partial charge in [-0.3, -0.25) is 4.79 Å². The first kappa shape index (κ1) is 14.9. The smallest absolute Gasteiger partial charge is 0.200 e. The van der Waals surface area contributed by atoms with Crippen molar-refractivity contribution >= 4 is 29.3 Å². The molecule has 0 spiro atoms. The molecule has 0 bridgehead atoms. The number of fused-ring (bicyclic) bond motifs is 1. The molecular weight excluding hydrogens is 290 g/mol. The van der Waals surface area contributed by atoms with Crippen LogP contribution >= 0.6 is 11.8 Å². The van der Waals surface area contributed by atoms with Crippen LogP contribution in [-0.4, -0.2) is 18.9 Å². The Balaban J connectivity index is 1.84. The molecule has 2 aromatic carbocycles. The third-order valence-corrected chi connectivity index (χ3v) is 4.99. The Labute approximate surface area is 135 Å². The van der Waals surface area contributed by atoms with E-state index in [0.29, 0.717) is 0 Å². The summed E-state index contributed by atoms with van der Waals surface area (Å²) >= 11 is 1.56. The van der Waals surface area contributed by atoms with E-state index in [-0.39, 0.29) is 5.78 Å². The molecule has 0 atom stereocenters. The van der Waals surface area contributed by atoms with Crippen molar-refractivity contribution in [2.45, 2.75) is 18.7 Å². The summed E-state index contributed by atoms with van der Waals surface area (Å²) < 4.78 is 0. The Morgan fingerprint density at radius 2 is 1.68 bits per heavy atom. The molecule has 2 nitrogen and oxygen atoms in total. The summed E-state index contributed by atoms with van der Waals surface area (Å²) in [7, 11) is 0. The van der Waals surface area contributed by atoms with Crippen molar-refractivity contribution in [1.29, 1.82) is 0 Å². The fourth-order valence-corrected chi connectivity index (χ4v) is 3.71. The summed E-state index contributed by atoms with van der Waals surface area (Å²) in [6, 6.07) is 16.2. The van der Waals surface area contributed by atoms with Crippen LogP contribution in [0.2, 0.25) is 0 Å². The largest absolute Gasteiger partial charge is 0.372 e. The van der Waals surface area contributed by atoms with E-state index in [1.54, 1.807) is 11.8 Å². The van der Waals surface area contributed by atoms with E-state index in [4.69, 9.17) is 0 Å². The Bertz CT molecular complexity index is 714. The van der Waals surface area contributed by atoms with Crippen LogP contribution in [0, 0.1) is 0 Å². The summed E-state index contributed by atoms with van der Waals surface area (Å²) in [5.74, 6) is 0.133. The number of thioether (sulfide) groups is 1. The molecule has 0 unspecified atom stereocenters. The van der Waals surface area contributed by atoms with E-state index in [2.05, 4.69) is 43.0 Å². The SMILES string of the molecule is CCN(CC)c1ccc(C=C2Sc3ccccc3C2=O)cc1. The van der Waals surface area contributed by atoms with E-state index in [1.807, 2.05) is 30.3 Å². The summed E-state index contributed by atoms with van der Waals surface area (Å²) in [4.78, 5) is 16.5. The highest BCUT2D eigenvalue weighted by atomic mass is 32.2. The molecule has 1 aliphatic rings.